The third-order valence-corrected chi connectivity index (χ3v) is 7.82. The van der Waals surface area contributed by atoms with E-state index in [9.17, 15) is 0 Å². The van der Waals surface area contributed by atoms with Gasteiger partial charge in [-0.1, -0.05) is 75.4 Å². The summed E-state index contributed by atoms with van der Waals surface area (Å²) >= 11 is 0. The van der Waals surface area contributed by atoms with Crippen molar-refractivity contribution in [2.75, 3.05) is 5.32 Å². The summed E-state index contributed by atoms with van der Waals surface area (Å²) in [6.45, 7) is 7.10. The summed E-state index contributed by atoms with van der Waals surface area (Å²) in [7, 11) is 0. The molecule has 2 heteroatoms. The maximum atomic E-state index is 6.78. The summed E-state index contributed by atoms with van der Waals surface area (Å²) in [6, 6.07) is 9.13. The molecule has 154 valence electrons. The topological polar surface area (TPSA) is 38.0 Å². The molecule has 1 aromatic carbocycles. The number of para-hydroxylation sites is 1. The SMILES string of the molecule is CC1C=C(Nc2ccccc2C2CCC(N)C(C)(C3(C)C=CC=CC3)C2)C=CC1. The first-order valence-corrected chi connectivity index (χ1v) is 11.3. The highest BCUT2D eigenvalue weighted by molar-refractivity contribution is 5.58. The Balaban J connectivity index is 1.61. The minimum Gasteiger partial charge on any atom is -0.356 e. The standard InChI is InChI=1S/C27H36N2/c1-20-10-9-11-22(18-20)29-24-13-6-5-12-23(24)21-14-15-25(28)27(3,19-21)26(2)16-7-4-8-17-26/h4-9,11-13,16,18,20-21,25,29H,10,14-15,17,19,28H2,1-3H3. The number of anilines is 1. The van der Waals surface area contributed by atoms with Crippen molar-refractivity contribution in [2.45, 2.75) is 64.8 Å². The minimum atomic E-state index is 0.0861. The highest BCUT2D eigenvalue weighted by Crippen LogP contribution is 2.56. The summed E-state index contributed by atoms with van der Waals surface area (Å²) in [5.74, 6) is 1.13. The van der Waals surface area contributed by atoms with Gasteiger partial charge in [-0.3, -0.25) is 0 Å². The zero-order chi connectivity index (χ0) is 20.5. The van der Waals surface area contributed by atoms with Crippen LogP contribution in [-0.4, -0.2) is 6.04 Å². The van der Waals surface area contributed by atoms with Crippen LogP contribution in [0.2, 0.25) is 0 Å². The van der Waals surface area contributed by atoms with Crippen LogP contribution in [0.3, 0.4) is 0 Å². The summed E-state index contributed by atoms with van der Waals surface area (Å²) in [5.41, 5.74) is 10.9. The molecule has 1 aromatic rings. The highest BCUT2D eigenvalue weighted by Gasteiger charge is 2.50. The van der Waals surface area contributed by atoms with Crippen molar-refractivity contribution in [3.05, 3.63) is 78.1 Å². The molecule has 2 nitrogen and oxygen atoms in total. The Kier molecular flexibility index (Phi) is 5.57. The van der Waals surface area contributed by atoms with Gasteiger partial charge in [-0.2, -0.15) is 0 Å². The molecule has 3 aliphatic carbocycles. The van der Waals surface area contributed by atoms with Crippen molar-refractivity contribution in [3.8, 4) is 0 Å². The van der Waals surface area contributed by atoms with E-state index < -0.39 is 0 Å². The fourth-order valence-electron chi connectivity index (χ4n) is 5.58. The molecule has 0 heterocycles. The van der Waals surface area contributed by atoms with Crippen LogP contribution in [0.5, 0.6) is 0 Å². The van der Waals surface area contributed by atoms with E-state index in [2.05, 4.69) is 92.9 Å². The highest BCUT2D eigenvalue weighted by atomic mass is 14.9. The van der Waals surface area contributed by atoms with E-state index in [0.29, 0.717) is 11.8 Å². The van der Waals surface area contributed by atoms with E-state index >= 15 is 0 Å². The smallest absolute Gasteiger partial charge is 0.0419 e. The molecule has 5 unspecified atom stereocenters. The first-order chi connectivity index (χ1) is 13.9. The van der Waals surface area contributed by atoms with E-state index in [1.54, 1.807) is 0 Å². The van der Waals surface area contributed by atoms with Crippen molar-refractivity contribution in [1.29, 1.82) is 0 Å². The lowest BCUT2D eigenvalue weighted by molar-refractivity contribution is 0.0367. The lowest BCUT2D eigenvalue weighted by atomic mass is 9.52. The molecule has 0 spiro atoms. The summed E-state index contributed by atoms with van der Waals surface area (Å²) in [4.78, 5) is 0. The molecule has 0 bridgehead atoms. The van der Waals surface area contributed by atoms with Crippen LogP contribution >= 0.6 is 0 Å². The predicted octanol–water partition coefficient (Wildman–Crippen LogP) is 6.70. The number of hydrogen-bond acceptors (Lipinski definition) is 2. The van der Waals surface area contributed by atoms with Crippen molar-refractivity contribution >= 4 is 5.69 Å². The van der Waals surface area contributed by atoms with Gasteiger partial charge in [0.2, 0.25) is 0 Å². The maximum absolute atomic E-state index is 6.78. The third kappa shape index (κ3) is 3.88. The fraction of sp³-hybridized carbons (Fsp3) is 0.481. The van der Waals surface area contributed by atoms with Crippen LogP contribution in [-0.2, 0) is 0 Å². The number of hydrogen-bond donors (Lipinski definition) is 2. The lowest BCUT2D eigenvalue weighted by Crippen LogP contribution is -2.53. The number of allylic oxidation sites excluding steroid dienone is 7. The van der Waals surface area contributed by atoms with Gasteiger partial charge >= 0.3 is 0 Å². The zero-order valence-electron chi connectivity index (χ0n) is 18.2. The van der Waals surface area contributed by atoms with Gasteiger partial charge in [0.05, 0.1) is 0 Å². The van der Waals surface area contributed by atoms with Gasteiger partial charge in [0.25, 0.3) is 0 Å². The molecule has 0 radical (unpaired) electrons. The monoisotopic (exact) mass is 388 g/mol. The lowest BCUT2D eigenvalue weighted by Gasteiger charge is -2.53. The third-order valence-electron chi connectivity index (χ3n) is 7.82. The van der Waals surface area contributed by atoms with Gasteiger partial charge in [0.15, 0.2) is 0 Å². The first-order valence-electron chi connectivity index (χ1n) is 11.3. The summed E-state index contributed by atoms with van der Waals surface area (Å²) < 4.78 is 0. The van der Waals surface area contributed by atoms with Gasteiger partial charge in [-0.15, -0.1) is 0 Å². The van der Waals surface area contributed by atoms with Gasteiger partial charge in [0, 0.05) is 17.4 Å². The summed E-state index contributed by atoms with van der Waals surface area (Å²) in [6.07, 6.45) is 21.5. The second-order valence-corrected chi connectivity index (χ2v) is 9.86. The molecule has 0 saturated heterocycles. The van der Waals surface area contributed by atoms with Crippen LogP contribution in [0.15, 0.2) is 72.5 Å². The van der Waals surface area contributed by atoms with Gasteiger partial charge in [0.1, 0.15) is 0 Å². The van der Waals surface area contributed by atoms with Crippen LogP contribution in [0.1, 0.15) is 64.4 Å². The maximum Gasteiger partial charge on any atom is 0.0419 e. The van der Waals surface area contributed by atoms with Crippen LogP contribution < -0.4 is 11.1 Å². The Bertz CT molecular complexity index is 861. The Hall–Kier alpha value is -2.06. The second-order valence-electron chi connectivity index (χ2n) is 9.86. The quantitative estimate of drug-likeness (QED) is 0.602. The molecule has 0 aliphatic heterocycles. The largest absolute Gasteiger partial charge is 0.356 e. The van der Waals surface area contributed by atoms with Crippen LogP contribution in [0.25, 0.3) is 0 Å². The predicted molar refractivity (Wildman–Crippen MR) is 125 cm³/mol. The van der Waals surface area contributed by atoms with Crippen LogP contribution in [0.4, 0.5) is 5.69 Å². The molecule has 0 amide bonds. The van der Waals surface area contributed by atoms with Gasteiger partial charge < -0.3 is 11.1 Å². The molecule has 29 heavy (non-hydrogen) atoms. The van der Waals surface area contributed by atoms with Gasteiger partial charge in [-0.25, -0.2) is 0 Å². The average Bonchev–Trinajstić information content (AvgIpc) is 2.71. The second kappa shape index (κ2) is 7.99. The van der Waals surface area contributed by atoms with E-state index in [4.69, 9.17) is 5.73 Å². The zero-order valence-corrected chi connectivity index (χ0v) is 18.2. The molecular formula is C27H36N2. The molecule has 5 atom stereocenters. The molecule has 0 aromatic heterocycles. The fourth-order valence-corrected chi connectivity index (χ4v) is 5.58. The molecule has 4 rings (SSSR count). The van der Waals surface area contributed by atoms with Crippen molar-refractivity contribution in [2.24, 2.45) is 22.5 Å². The van der Waals surface area contributed by atoms with E-state index in [0.717, 1.165) is 32.1 Å². The number of nitrogens with two attached hydrogens (primary N) is 1. The Morgan fingerprint density at radius 3 is 2.66 bits per heavy atom. The number of rotatable bonds is 4. The molecule has 3 N–H and O–H groups in total. The minimum absolute atomic E-state index is 0.0861. The first kappa shape index (κ1) is 20.2. The average molecular weight is 389 g/mol. The molecule has 1 saturated carbocycles. The van der Waals surface area contributed by atoms with Crippen molar-refractivity contribution in [1.82, 2.24) is 0 Å². The number of benzene rings is 1. The van der Waals surface area contributed by atoms with E-state index in [-0.39, 0.29) is 16.9 Å². The van der Waals surface area contributed by atoms with E-state index in [1.165, 1.54) is 16.9 Å². The van der Waals surface area contributed by atoms with E-state index in [1.807, 2.05) is 0 Å². The Morgan fingerprint density at radius 1 is 1.07 bits per heavy atom. The Labute approximate surface area is 176 Å². The molecular weight excluding hydrogens is 352 g/mol. The molecule has 1 fully saturated rings. The van der Waals surface area contributed by atoms with Crippen LogP contribution in [0, 0.1) is 16.7 Å². The normalized spacial score (nSPS) is 36.7. The Morgan fingerprint density at radius 2 is 1.90 bits per heavy atom. The number of nitrogens with one attached hydrogen (secondary N) is 1. The molecule has 3 aliphatic rings. The van der Waals surface area contributed by atoms with Gasteiger partial charge in [-0.05, 0) is 72.5 Å². The summed E-state index contributed by atoms with van der Waals surface area (Å²) in [5, 5.41) is 3.72. The van der Waals surface area contributed by atoms with Crippen molar-refractivity contribution < 1.29 is 0 Å². The van der Waals surface area contributed by atoms with Crippen molar-refractivity contribution in [3.63, 3.8) is 0 Å².